The van der Waals surface area contributed by atoms with Crippen molar-refractivity contribution in [3.05, 3.63) is 42.4 Å². The first-order valence-electron chi connectivity index (χ1n) is 8.34. The van der Waals surface area contributed by atoms with Crippen LogP contribution < -0.4 is 5.32 Å². The van der Waals surface area contributed by atoms with Gasteiger partial charge in [0.2, 0.25) is 0 Å². The smallest absolute Gasteiger partial charge is 0.317 e. The molecule has 2 amide bonds. The second kappa shape index (κ2) is 5.41. The molecule has 1 aliphatic heterocycles. The SMILES string of the molecule is CC(C)N(C(=O)NC[C@@H]1c2ccccc2-c2cncn21)C1CC1. The summed E-state index contributed by atoms with van der Waals surface area (Å²) in [4.78, 5) is 18.8. The lowest BCUT2D eigenvalue weighted by Crippen LogP contribution is -2.46. The Morgan fingerprint density at radius 2 is 2.17 bits per heavy atom. The summed E-state index contributed by atoms with van der Waals surface area (Å²) >= 11 is 0. The molecule has 2 aliphatic rings. The van der Waals surface area contributed by atoms with Crippen LogP contribution in [-0.2, 0) is 0 Å². The van der Waals surface area contributed by atoms with Crippen LogP contribution in [0.1, 0.15) is 38.3 Å². The quantitative estimate of drug-likeness (QED) is 0.943. The van der Waals surface area contributed by atoms with E-state index in [2.05, 4.69) is 46.9 Å². The number of urea groups is 1. The van der Waals surface area contributed by atoms with Gasteiger partial charge in [-0.2, -0.15) is 0 Å². The predicted octanol–water partition coefficient (Wildman–Crippen LogP) is 3.04. The fourth-order valence-electron chi connectivity index (χ4n) is 3.59. The highest BCUT2D eigenvalue weighted by atomic mass is 16.2. The van der Waals surface area contributed by atoms with Gasteiger partial charge in [-0.05, 0) is 32.3 Å². The molecule has 4 rings (SSSR count). The van der Waals surface area contributed by atoms with Crippen LogP contribution in [0.3, 0.4) is 0 Å². The van der Waals surface area contributed by atoms with E-state index < -0.39 is 0 Å². The molecule has 0 unspecified atom stereocenters. The number of hydrogen-bond acceptors (Lipinski definition) is 2. The molecular weight excluding hydrogens is 288 g/mol. The number of carbonyl (C=O) groups is 1. The Kier molecular flexibility index (Phi) is 3.36. The van der Waals surface area contributed by atoms with Gasteiger partial charge in [0, 0.05) is 24.2 Å². The third-order valence-corrected chi connectivity index (χ3v) is 4.78. The van der Waals surface area contributed by atoms with Gasteiger partial charge in [0.25, 0.3) is 0 Å². The maximum absolute atomic E-state index is 12.6. The largest absolute Gasteiger partial charge is 0.336 e. The number of hydrogen-bond donors (Lipinski definition) is 1. The first kappa shape index (κ1) is 14.3. The Labute approximate surface area is 136 Å². The van der Waals surface area contributed by atoms with Crippen molar-refractivity contribution in [1.82, 2.24) is 19.8 Å². The van der Waals surface area contributed by atoms with Gasteiger partial charge in [-0.3, -0.25) is 0 Å². The van der Waals surface area contributed by atoms with Gasteiger partial charge >= 0.3 is 6.03 Å². The minimum atomic E-state index is 0.0496. The molecular formula is C18H22N4O. The Bertz CT molecular complexity index is 730. The normalized spacial score (nSPS) is 18.7. The average molecular weight is 310 g/mol. The molecule has 1 N–H and O–H groups in total. The van der Waals surface area contributed by atoms with Crippen LogP contribution in [0.5, 0.6) is 0 Å². The number of amides is 2. The molecule has 2 heterocycles. The van der Waals surface area contributed by atoms with Gasteiger partial charge in [0.15, 0.2) is 0 Å². The summed E-state index contributed by atoms with van der Waals surface area (Å²) in [6.45, 7) is 4.75. The first-order valence-corrected chi connectivity index (χ1v) is 8.34. The van der Waals surface area contributed by atoms with Crippen molar-refractivity contribution in [3.8, 4) is 11.3 Å². The number of carbonyl (C=O) groups excluding carboxylic acids is 1. The Morgan fingerprint density at radius 1 is 1.39 bits per heavy atom. The van der Waals surface area contributed by atoms with Crippen LogP contribution in [-0.4, -0.2) is 39.1 Å². The molecule has 5 heteroatoms. The summed E-state index contributed by atoms with van der Waals surface area (Å²) in [6.07, 6.45) is 6.01. The lowest BCUT2D eigenvalue weighted by atomic mass is 10.0. The Hall–Kier alpha value is -2.30. The number of imidazole rings is 1. The minimum absolute atomic E-state index is 0.0496. The molecule has 1 atom stereocenters. The summed E-state index contributed by atoms with van der Waals surface area (Å²) in [5.74, 6) is 0. The van der Waals surface area contributed by atoms with Crippen molar-refractivity contribution < 1.29 is 4.79 Å². The lowest BCUT2D eigenvalue weighted by molar-refractivity contribution is 0.178. The molecule has 2 aromatic rings. The average Bonchev–Trinajstić information content (AvgIpc) is 3.14. The molecule has 0 radical (unpaired) electrons. The monoisotopic (exact) mass is 310 g/mol. The lowest BCUT2D eigenvalue weighted by Gasteiger charge is -2.28. The van der Waals surface area contributed by atoms with E-state index in [9.17, 15) is 4.79 Å². The maximum Gasteiger partial charge on any atom is 0.317 e. The van der Waals surface area contributed by atoms with E-state index in [0.717, 1.165) is 18.5 Å². The minimum Gasteiger partial charge on any atom is -0.336 e. The second-order valence-electron chi connectivity index (χ2n) is 6.71. The zero-order valence-corrected chi connectivity index (χ0v) is 13.6. The van der Waals surface area contributed by atoms with Crippen molar-refractivity contribution in [2.75, 3.05) is 6.54 Å². The highest BCUT2D eigenvalue weighted by Crippen LogP contribution is 2.38. The van der Waals surface area contributed by atoms with E-state index in [0.29, 0.717) is 12.6 Å². The fraction of sp³-hybridized carbons (Fsp3) is 0.444. The molecule has 1 aromatic carbocycles. The zero-order valence-electron chi connectivity index (χ0n) is 13.6. The molecule has 0 bridgehead atoms. The van der Waals surface area contributed by atoms with Gasteiger partial charge in [0.1, 0.15) is 0 Å². The van der Waals surface area contributed by atoms with E-state index in [4.69, 9.17) is 0 Å². The predicted molar refractivity (Wildman–Crippen MR) is 89.2 cm³/mol. The van der Waals surface area contributed by atoms with E-state index in [-0.39, 0.29) is 18.1 Å². The Morgan fingerprint density at radius 3 is 2.91 bits per heavy atom. The number of benzene rings is 1. The Balaban J connectivity index is 1.52. The fourth-order valence-corrected chi connectivity index (χ4v) is 3.59. The first-order chi connectivity index (χ1) is 11.2. The van der Waals surface area contributed by atoms with Crippen molar-refractivity contribution in [2.24, 2.45) is 0 Å². The van der Waals surface area contributed by atoms with Gasteiger partial charge in [-0.25, -0.2) is 9.78 Å². The molecule has 23 heavy (non-hydrogen) atoms. The standard InChI is InChI=1S/C18H22N4O/c1-12(2)22(13-7-8-13)18(23)20-10-17-15-6-4-3-5-14(15)16-9-19-11-21(16)17/h3-6,9,11-13,17H,7-8,10H2,1-2H3,(H,20,23)/t17-/m1/s1. The third kappa shape index (κ3) is 2.40. The van der Waals surface area contributed by atoms with E-state index in [1.807, 2.05) is 23.5 Å². The summed E-state index contributed by atoms with van der Waals surface area (Å²) in [5, 5.41) is 3.14. The number of rotatable bonds is 4. The van der Waals surface area contributed by atoms with Crippen molar-refractivity contribution >= 4 is 6.03 Å². The molecule has 0 saturated heterocycles. The van der Waals surface area contributed by atoms with Crippen LogP contribution in [0.15, 0.2) is 36.8 Å². The highest BCUT2D eigenvalue weighted by Gasteiger charge is 2.35. The number of fused-ring (bicyclic) bond motifs is 3. The topological polar surface area (TPSA) is 50.2 Å². The molecule has 1 saturated carbocycles. The maximum atomic E-state index is 12.6. The second-order valence-corrected chi connectivity index (χ2v) is 6.71. The van der Waals surface area contributed by atoms with Crippen LogP contribution >= 0.6 is 0 Å². The van der Waals surface area contributed by atoms with Crippen LogP contribution in [0.4, 0.5) is 4.79 Å². The molecule has 5 nitrogen and oxygen atoms in total. The van der Waals surface area contributed by atoms with E-state index in [1.54, 1.807) is 0 Å². The van der Waals surface area contributed by atoms with Crippen LogP contribution in [0.25, 0.3) is 11.3 Å². The van der Waals surface area contributed by atoms with Crippen LogP contribution in [0, 0.1) is 0 Å². The van der Waals surface area contributed by atoms with E-state index >= 15 is 0 Å². The number of aromatic nitrogens is 2. The number of nitrogens with one attached hydrogen (secondary N) is 1. The molecule has 1 aromatic heterocycles. The number of nitrogens with zero attached hydrogens (tertiary/aromatic N) is 3. The van der Waals surface area contributed by atoms with Gasteiger partial charge in [-0.15, -0.1) is 0 Å². The highest BCUT2D eigenvalue weighted by molar-refractivity contribution is 5.76. The summed E-state index contributed by atoms with van der Waals surface area (Å²) in [5.41, 5.74) is 3.60. The molecule has 1 aliphatic carbocycles. The van der Waals surface area contributed by atoms with Crippen molar-refractivity contribution in [1.29, 1.82) is 0 Å². The molecule has 0 spiro atoms. The van der Waals surface area contributed by atoms with Crippen LogP contribution in [0.2, 0.25) is 0 Å². The summed E-state index contributed by atoms with van der Waals surface area (Å²) in [6, 6.07) is 9.20. The van der Waals surface area contributed by atoms with Gasteiger partial charge in [0.05, 0.1) is 24.3 Å². The zero-order chi connectivity index (χ0) is 16.0. The van der Waals surface area contributed by atoms with Gasteiger partial charge < -0.3 is 14.8 Å². The van der Waals surface area contributed by atoms with Crippen molar-refractivity contribution in [3.63, 3.8) is 0 Å². The third-order valence-electron chi connectivity index (χ3n) is 4.78. The summed E-state index contributed by atoms with van der Waals surface area (Å²) < 4.78 is 2.15. The van der Waals surface area contributed by atoms with Gasteiger partial charge in [-0.1, -0.05) is 24.3 Å². The van der Waals surface area contributed by atoms with Crippen molar-refractivity contribution in [2.45, 2.75) is 44.8 Å². The van der Waals surface area contributed by atoms with E-state index in [1.165, 1.54) is 11.1 Å². The molecule has 1 fully saturated rings. The summed E-state index contributed by atoms with van der Waals surface area (Å²) in [7, 11) is 0. The molecule has 120 valence electrons.